The summed E-state index contributed by atoms with van der Waals surface area (Å²) in [4.78, 5) is 12.2. The molecule has 98 valence electrons. The highest BCUT2D eigenvalue weighted by atomic mass is 79.9. The van der Waals surface area contributed by atoms with Gasteiger partial charge in [-0.15, -0.1) is 0 Å². The Labute approximate surface area is 125 Å². The van der Waals surface area contributed by atoms with Gasteiger partial charge in [0.15, 0.2) is 0 Å². The number of carbonyl (C=O) groups excluding carboxylic acids is 1. The van der Waals surface area contributed by atoms with E-state index >= 15 is 0 Å². The Kier molecular flexibility index (Phi) is 3.52. The number of amides is 1. The zero-order valence-electron chi connectivity index (χ0n) is 10.6. The van der Waals surface area contributed by atoms with Gasteiger partial charge in [-0.2, -0.15) is 0 Å². The summed E-state index contributed by atoms with van der Waals surface area (Å²) in [6.07, 6.45) is 0. The predicted octanol–water partition coefficient (Wildman–Crippen LogP) is 4.85. The number of halogens is 1. The van der Waals surface area contributed by atoms with Crippen LogP contribution in [0.3, 0.4) is 0 Å². The van der Waals surface area contributed by atoms with E-state index in [-0.39, 0.29) is 5.91 Å². The lowest BCUT2D eigenvalue weighted by atomic mass is 10.1. The molecule has 20 heavy (non-hydrogen) atoms. The van der Waals surface area contributed by atoms with Gasteiger partial charge in [-0.05, 0) is 47.2 Å². The first kappa shape index (κ1) is 12.9. The van der Waals surface area contributed by atoms with Crippen LogP contribution in [0.15, 0.2) is 71.2 Å². The quantitative estimate of drug-likeness (QED) is 0.716. The lowest BCUT2D eigenvalue weighted by Gasteiger charge is -2.06. The van der Waals surface area contributed by atoms with E-state index in [1.165, 1.54) is 0 Å². The van der Waals surface area contributed by atoms with Gasteiger partial charge < -0.3 is 5.32 Å². The lowest BCUT2D eigenvalue weighted by Crippen LogP contribution is -2.11. The van der Waals surface area contributed by atoms with Crippen molar-refractivity contribution in [2.75, 3.05) is 5.32 Å². The normalized spacial score (nSPS) is 10.4. The second kappa shape index (κ2) is 5.47. The van der Waals surface area contributed by atoms with E-state index in [4.69, 9.17) is 0 Å². The minimum atomic E-state index is -0.0990. The number of hydrogen-bond donors (Lipinski definition) is 1. The molecule has 0 atom stereocenters. The number of anilines is 1. The van der Waals surface area contributed by atoms with Crippen molar-refractivity contribution in [2.45, 2.75) is 0 Å². The van der Waals surface area contributed by atoms with Gasteiger partial charge in [0.2, 0.25) is 0 Å². The third kappa shape index (κ3) is 2.73. The molecule has 0 aliphatic carbocycles. The fourth-order valence-corrected chi connectivity index (χ4v) is 2.33. The molecule has 0 bridgehead atoms. The van der Waals surface area contributed by atoms with Crippen LogP contribution in [0.4, 0.5) is 5.69 Å². The summed E-state index contributed by atoms with van der Waals surface area (Å²) >= 11 is 3.37. The zero-order valence-corrected chi connectivity index (χ0v) is 12.2. The highest BCUT2D eigenvalue weighted by molar-refractivity contribution is 9.10. The van der Waals surface area contributed by atoms with Gasteiger partial charge in [0.1, 0.15) is 0 Å². The molecule has 0 heterocycles. The zero-order chi connectivity index (χ0) is 13.9. The molecule has 3 rings (SSSR count). The predicted molar refractivity (Wildman–Crippen MR) is 86.0 cm³/mol. The van der Waals surface area contributed by atoms with E-state index in [0.717, 1.165) is 20.9 Å². The molecular weight excluding hydrogens is 314 g/mol. The molecule has 3 aromatic rings. The van der Waals surface area contributed by atoms with Crippen LogP contribution in [0.1, 0.15) is 10.4 Å². The third-order valence-corrected chi connectivity index (χ3v) is 3.64. The smallest absolute Gasteiger partial charge is 0.255 e. The number of hydrogen-bond acceptors (Lipinski definition) is 1. The molecular formula is C17H12BrNO. The Hall–Kier alpha value is -2.13. The molecule has 1 amide bonds. The average Bonchev–Trinajstić information content (AvgIpc) is 2.49. The van der Waals surface area contributed by atoms with E-state index in [9.17, 15) is 4.79 Å². The summed E-state index contributed by atoms with van der Waals surface area (Å²) in [6.45, 7) is 0. The first-order valence-corrected chi connectivity index (χ1v) is 7.07. The van der Waals surface area contributed by atoms with Crippen LogP contribution < -0.4 is 5.32 Å². The molecule has 0 unspecified atom stereocenters. The van der Waals surface area contributed by atoms with Crippen LogP contribution in [-0.2, 0) is 0 Å². The second-order valence-corrected chi connectivity index (χ2v) is 5.44. The van der Waals surface area contributed by atoms with Crippen LogP contribution in [0.5, 0.6) is 0 Å². The molecule has 0 aromatic heterocycles. The highest BCUT2D eigenvalue weighted by Gasteiger charge is 2.06. The van der Waals surface area contributed by atoms with Crippen LogP contribution in [0.2, 0.25) is 0 Å². The molecule has 0 fully saturated rings. The van der Waals surface area contributed by atoms with Gasteiger partial charge >= 0.3 is 0 Å². The van der Waals surface area contributed by atoms with Crippen molar-refractivity contribution in [1.82, 2.24) is 0 Å². The van der Waals surface area contributed by atoms with Crippen molar-refractivity contribution in [3.05, 3.63) is 76.8 Å². The van der Waals surface area contributed by atoms with Crippen LogP contribution in [0, 0.1) is 0 Å². The molecule has 3 aromatic carbocycles. The van der Waals surface area contributed by atoms with Crippen molar-refractivity contribution in [3.8, 4) is 0 Å². The summed E-state index contributed by atoms with van der Waals surface area (Å²) in [7, 11) is 0. The molecule has 0 saturated heterocycles. The maximum Gasteiger partial charge on any atom is 0.255 e. The van der Waals surface area contributed by atoms with E-state index in [0.29, 0.717) is 5.56 Å². The maximum atomic E-state index is 12.2. The van der Waals surface area contributed by atoms with Crippen molar-refractivity contribution in [3.63, 3.8) is 0 Å². The Bertz CT molecular complexity index is 765. The molecule has 2 nitrogen and oxygen atoms in total. The largest absolute Gasteiger partial charge is 0.322 e. The number of benzene rings is 3. The monoisotopic (exact) mass is 325 g/mol. The van der Waals surface area contributed by atoms with E-state index in [2.05, 4.69) is 21.2 Å². The minimum Gasteiger partial charge on any atom is -0.322 e. The summed E-state index contributed by atoms with van der Waals surface area (Å²) < 4.78 is 0.987. The Morgan fingerprint density at radius 3 is 2.30 bits per heavy atom. The molecule has 1 N–H and O–H groups in total. The SMILES string of the molecule is O=C(Nc1ccc(Br)cc1)c1ccc2ccccc2c1. The Balaban J connectivity index is 1.86. The topological polar surface area (TPSA) is 29.1 Å². The van der Waals surface area contributed by atoms with Crippen molar-refractivity contribution >= 4 is 38.3 Å². The number of rotatable bonds is 2. The highest BCUT2D eigenvalue weighted by Crippen LogP contribution is 2.18. The van der Waals surface area contributed by atoms with Crippen molar-refractivity contribution < 1.29 is 4.79 Å². The Morgan fingerprint density at radius 1 is 0.850 bits per heavy atom. The molecule has 0 spiro atoms. The molecule has 0 aliphatic rings. The van der Waals surface area contributed by atoms with E-state index < -0.39 is 0 Å². The van der Waals surface area contributed by atoms with E-state index in [1.54, 1.807) is 0 Å². The number of fused-ring (bicyclic) bond motifs is 1. The first-order chi connectivity index (χ1) is 9.72. The molecule has 3 heteroatoms. The summed E-state index contributed by atoms with van der Waals surface area (Å²) in [5, 5.41) is 5.09. The first-order valence-electron chi connectivity index (χ1n) is 6.28. The molecule has 0 radical (unpaired) electrons. The molecule has 0 saturated carbocycles. The van der Waals surface area contributed by atoms with Crippen LogP contribution >= 0.6 is 15.9 Å². The van der Waals surface area contributed by atoms with Gasteiger partial charge in [0.05, 0.1) is 0 Å². The lowest BCUT2D eigenvalue weighted by molar-refractivity contribution is 0.102. The summed E-state index contributed by atoms with van der Waals surface area (Å²) in [5.74, 6) is -0.0990. The fraction of sp³-hybridized carbons (Fsp3) is 0. The maximum absolute atomic E-state index is 12.2. The average molecular weight is 326 g/mol. The van der Waals surface area contributed by atoms with Gasteiger partial charge in [-0.1, -0.05) is 46.3 Å². The van der Waals surface area contributed by atoms with Crippen molar-refractivity contribution in [1.29, 1.82) is 0 Å². The van der Waals surface area contributed by atoms with Crippen molar-refractivity contribution in [2.24, 2.45) is 0 Å². The van der Waals surface area contributed by atoms with E-state index in [1.807, 2.05) is 66.7 Å². The van der Waals surface area contributed by atoms with Gasteiger partial charge in [0, 0.05) is 15.7 Å². The summed E-state index contributed by atoms with van der Waals surface area (Å²) in [5.41, 5.74) is 1.44. The minimum absolute atomic E-state index is 0.0990. The third-order valence-electron chi connectivity index (χ3n) is 3.11. The summed E-state index contributed by atoms with van der Waals surface area (Å²) in [6, 6.07) is 21.2. The van der Waals surface area contributed by atoms with Crippen LogP contribution in [-0.4, -0.2) is 5.91 Å². The van der Waals surface area contributed by atoms with Gasteiger partial charge in [-0.3, -0.25) is 4.79 Å². The Morgan fingerprint density at radius 2 is 1.55 bits per heavy atom. The molecule has 0 aliphatic heterocycles. The second-order valence-electron chi connectivity index (χ2n) is 4.52. The van der Waals surface area contributed by atoms with Crippen LogP contribution in [0.25, 0.3) is 10.8 Å². The van der Waals surface area contributed by atoms with Gasteiger partial charge in [0.25, 0.3) is 5.91 Å². The number of carbonyl (C=O) groups is 1. The fourth-order valence-electron chi connectivity index (χ4n) is 2.07. The standard InChI is InChI=1S/C17H12BrNO/c18-15-7-9-16(10-8-15)19-17(20)14-6-5-12-3-1-2-4-13(12)11-14/h1-11H,(H,19,20). The number of nitrogens with one attached hydrogen (secondary N) is 1. The van der Waals surface area contributed by atoms with Gasteiger partial charge in [-0.25, -0.2) is 0 Å².